The Labute approximate surface area is 225 Å². The van der Waals surface area contributed by atoms with Crippen molar-refractivity contribution in [2.75, 3.05) is 24.6 Å². The van der Waals surface area contributed by atoms with Crippen molar-refractivity contribution < 1.29 is 23.7 Å². The molecule has 7 nitrogen and oxygen atoms in total. The molecule has 0 spiro atoms. The number of aromatic nitrogens is 2. The Kier molecular flexibility index (Phi) is 6.31. The molecule has 4 aromatic rings. The summed E-state index contributed by atoms with van der Waals surface area (Å²) in [5, 5.41) is 26.0. The summed E-state index contributed by atoms with van der Waals surface area (Å²) in [4.78, 5) is 11.3. The summed E-state index contributed by atoms with van der Waals surface area (Å²) in [7, 11) is 0. The van der Waals surface area contributed by atoms with Crippen molar-refractivity contribution >= 4 is 27.5 Å². The number of fused-ring (bicyclic) bond motifs is 4. The summed E-state index contributed by atoms with van der Waals surface area (Å²) in [5.74, 6) is -0.450. The molecule has 2 fully saturated rings. The van der Waals surface area contributed by atoms with Crippen LogP contribution in [0.3, 0.4) is 0 Å². The van der Waals surface area contributed by atoms with Crippen molar-refractivity contribution in [2.24, 2.45) is 0 Å². The van der Waals surface area contributed by atoms with E-state index in [1.807, 2.05) is 6.92 Å². The predicted octanol–water partition coefficient (Wildman–Crippen LogP) is 5.09. The van der Waals surface area contributed by atoms with Crippen molar-refractivity contribution in [3.63, 3.8) is 0 Å². The van der Waals surface area contributed by atoms with Gasteiger partial charge in [0.05, 0.1) is 5.60 Å². The molecule has 204 valence electrons. The fourth-order valence-corrected chi connectivity index (χ4v) is 5.91. The van der Waals surface area contributed by atoms with Gasteiger partial charge in [-0.3, -0.25) is 0 Å². The summed E-state index contributed by atoms with van der Waals surface area (Å²) >= 11 is 0. The lowest BCUT2D eigenvalue weighted by atomic mass is 9.92. The summed E-state index contributed by atoms with van der Waals surface area (Å²) in [6, 6.07) is 10.1. The second-order valence-corrected chi connectivity index (χ2v) is 11.3. The Morgan fingerprint density at radius 1 is 1.05 bits per heavy atom. The molecule has 0 aliphatic carbocycles. The molecule has 2 saturated heterocycles. The highest BCUT2D eigenvalue weighted by atomic mass is 19.1. The van der Waals surface area contributed by atoms with Crippen LogP contribution < -0.4 is 15.0 Å². The number of aryl methyl sites for hydroxylation is 1. The van der Waals surface area contributed by atoms with E-state index in [9.17, 15) is 14.6 Å². The molecule has 39 heavy (non-hydrogen) atoms. The standard InChI is InChI=1S/C30H32F2N4O3/c1-4-20-24(31)10-5-16-11-19(37)12-23(25(16)20)21-8-9-22-27(26(21)32)34-29(39-15-30(2,3)38)35-28(22)36-13-17-6-7-18(14-36)33-17/h5,8-12,17-18,33,37-38H,4,6-7,13-15H2,1-3H3/t17-,18+. The molecule has 2 bridgehead atoms. The molecule has 9 heteroatoms. The van der Waals surface area contributed by atoms with Crippen LogP contribution in [0, 0.1) is 11.6 Å². The quantitative estimate of drug-likeness (QED) is 0.318. The number of aromatic hydroxyl groups is 1. The molecule has 3 N–H and O–H groups in total. The third-order valence-electron chi connectivity index (χ3n) is 7.63. The van der Waals surface area contributed by atoms with E-state index in [-0.39, 0.29) is 35.3 Å². The van der Waals surface area contributed by atoms with Crippen LogP contribution in [0.15, 0.2) is 36.4 Å². The zero-order chi connectivity index (χ0) is 27.5. The molecule has 1 aromatic heterocycles. The molecule has 6 rings (SSSR count). The minimum absolute atomic E-state index is 0.0254. The number of aliphatic hydroxyl groups is 1. The lowest BCUT2D eigenvalue weighted by Gasteiger charge is -2.34. The van der Waals surface area contributed by atoms with Gasteiger partial charge in [-0.15, -0.1) is 0 Å². The average Bonchev–Trinajstić information content (AvgIpc) is 3.24. The highest BCUT2D eigenvalue weighted by molar-refractivity contribution is 6.03. The molecule has 3 heterocycles. The molecular formula is C30H32F2N4O3. The van der Waals surface area contributed by atoms with Crippen LogP contribution in [0.1, 0.15) is 39.2 Å². The maximum Gasteiger partial charge on any atom is 0.319 e. The second-order valence-electron chi connectivity index (χ2n) is 11.3. The number of phenols is 1. The highest BCUT2D eigenvalue weighted by Crippen LogP contribution is 2.40. The number of benzene rings is 3. The highest BCUT2D eigenvalue weighted by Gasteiger charge is 2.34. The van der Waals surface area contributed by atoms with Gasteiger partial charge in [0.2, 0.25) is 0 Å². The molecule has 0 unspecified atom stereocenters. The summed E-state index contributed by atoms with van der Waals surface area (Å²) < 4.78 is 37.1. The summed E-state index contributed by atoms with van der Waals surface area (Å²) in [5.41, 5.74) is -0.0214. The van der Waals surface area contributed by atoms with Gasteiger partial charge in [0.1, 0.15) is 29.5 Å². The molecular weight excluding hydrogens is 502 g/mol. The van der Waals surface area contributed by atoms with Crippen LogP contribution in [0.5, 0.6) is 11.8 Å². The zero-order valence-corrected chi connectivity index (χ0v) is 22.3. The van der Waals surface area contributed by atoms with E-state index < -0.39 is 11.4 Å². The maximum atomic E-state index is 16.5. The average molecular weight is 535 g/mol. The number of halogens is 2. The number of anilines is 1. The first-order valence-electron chi connectivity index (χ1n) is 13.4. The molecule has 2 atom stereocenters. The number of ether oxygens (including phenoxy) is 1. The normalized spacial score (nSPS) is 19.3. The van der Waals surface area contributed by atoms with Gasteiger partial charge in [0.15, 0.2) is 5.82 Å². The van der Waals surface area contributed by atoms with Crippen LogP contribution in [-0.4, -0.2) is 57.6 Å². The van der Waals surface area contributed by atoms with Gasteiger partial charge in [-0.1, -0.05) is 19.1 Å². The predicted molar refractivity (Wildman–Crippen MR) is 147 cm³/mol. The Morgan fingerprint density at radius 3 is 2.49 bits per heavy atom. The lowest BCUT2D eigenvalue weighted by molar-refractivity contribution is 0.0251. The molecule has 0 saturated carbocycles. The van der Waals surface area contributed by atoms with Gasteiger partial charge >= 0.3 is 6.01 Å². The van der Waals surface area contributed by atoms with Gasteiger partial charge in [-0.2, -0.15) is 9.97 Å². The van der Waals surface area contributed by atoms with Crippen LogP contribution in [0.4, 0.5) is 14.6 Å². The molecule has 2 aliphatic heterocycles. The van der Waals surface area contributed by atoms with E-state index in [0.717, 1.165) is 25.9 Å². The van der Waals surface area contributed by atoms with Crippen molar-refractivity contribution in [2.45, 2.75) is 57.7 Å². The largest absolute Gasteiger partial charge is 0.508 e. The number of rotatable bonds is 6. The molecule has 0 radical (unpaired) electrons. The summed E-state index contributed by atoms with van der Waals surface area (Å²) in [6.45, 7) is 6.46. The van der Waals surface area contributed by atoms with Gasteiger partial charge in [-0.05, 0) is 79.3 Å². The third kappa shape index (κ3) is 4.74. The Hall–Kier alpha value is -3.56. The van der Waals surface area contributed by atoms with E-state index in [4.69, 9.17) is 4.74 Å². The molecule has 3 aromatic carbocycles. The topological polar surface area (TPSA) is 90.7 Å². The van der Waals surface area contributed by atoms with Crippen molar-refractivity contribution in [1.82, 2.24) is 15.3 Å². The van der Waals surface area contributed by atoms with E-state index in [1.165, 1.54) is 12.1 Å². The molecule has 2 aliphatic rings. The summed E-state index contributed by atoms with van der Waals surface area (Å²) in [6.07, 6.45) is 2.56. The maximum absolute atomic E-state index is 16.5. The Balaban J connectivity index is 1.56. The minimum Gasteiger partial charge on any atom is -0.508 e. The Bertz CT molecular complexity index is 1580. The minimum atomic E-state index is -1.13. The second kappa shape index (κ2) is 9.57. The van der Waals surface area contributed by atoms with E-state index >= 15 is 4.39 Å². The molecule has 0 amide bonds. The first kappa shape index (κ1) is 25.7. The number of hydrogen-bond acceptors (Lipinski definition) is 7. The number of phenolic OH excluding ortho intramolecular Hbond substituents is 1. The number of hydrogen-bond donors (Lipinski definition) is 3. The smallest absolute Gasteiger partial charge is 0.319 e. The number of piperazine rings is 1. The first-order valence-corrected chi connectivity index (χ1v) is 13.4. The van der Waals surface area contributed by atoms with E-state index in [2.05, 4.69) is 20.2 Å². The van der Waals surface area contributed by atoms with E-state index in [0.29, 0.717) is 51.6 Å². The van der Waals surface area contributed by atoms with Gasteiger partial charge in [-0.25, -0.2) is 8.78 Å². The van der Waals surface area contributed by atoms with Crippen molar-refractivity contribution in [3.05, 3.63) is 53.6 Å². The van der Waals surface area contributed by atoms with Crippen molar-refractivity contribution in [1.29, 1.82) is 0 Å². The third-order valence-corrected chi connectivity index (χ3v) is 7.63. The van der Waals surface area contributed by atoms with Crippen LogP contribution >= 0.6 is 0 Å². The fourth-order valence-electron chi connectivity index (χ4n) is 5.91. The zero-order valence-electron chi connectivity index (χ0n) is 22.3. The Morgan fingerprint density at radius 2 is 1.79 bits per heavy atom. The number of nitrogens with one attached hydrogen (secondary N) is 1. The lowest BCUT2D eigenvalue weighted by Crippen LogP contribution is -2.51. The first-order chi connectivity index (χ1) is 18.6. The number of nitrogens with zero attached hydrogens (tertiary/aromatic N) is 3. The van der Waals surface area contributed by atoms with Gasteiger partial charge in [0, 0.05) is 36.1 Å². The van der Waals surface area contributed by atoms with Gasteiger partial charge < -0.3 is 25.2 Å². The van der Waals surface area contributed by atoms with Crippen LogP contribution in [-0.2, 0) is 6.42 Å². The van der Waals surface area contributed by atoms with Crippen molar-refractivity contribution in [3.8, 4) is 22.9 Å². The fraction of sp³-hybridized carbons (Fsp3) is 0.400. The monoisotopic (exact) mass is 534 g/mol. The van der Waals surface area contributed by atoms with Gasteiger partial charge in [0.25, 0.3) is 0 Å². The van der Waals surface area contributed by atoms with Crippen LogP contribution in [0.2, 0.25) is 0 Å². The van der Waals surface area contributed by atoms with Crippen LogP contribution in [0.25, 0.3) is 32.8 Å². The van der Waals surface area contributed by atoms with E-state index in [1.54, 1.807) is 38.1 Å². The SMILES string of the molecule is CCc1c(F)ccc2cc(O)cc(-c3ccc4c(N5C[C@H]6CC[C@@H](C5)N6)nc(OCC(C)(C)O)nc4c3F)c12.